The quantitative estimate of drug-likeness (QED) is 0.623. The number of esters is 1. The predicted molar refractivity (Wildman–Crippen MR) is 60.7 cm³/mol. The summed E-state index contributed by atoms with van der Waals surface area (Å²) in [6.45, 7) is 5.06. The molecule has 3 atom stereocenters. The Balaban J connectivity index is 2.30. The Kier molecular flexibility index (Phi) is 3.00. The molecule has 1 heterocycles. The van der Waals surface area contributed by atoms with Gasteiger partial charge < -0.3 is 14.6 Å². The smallest absolute Gasteiger partial charge is 0.320 e. The van der Waals surface area contributed by atoms with Crippen molar-refractivity contribution in [2.24, 2.45) is 5.92 Å². The van der Waals surface area contributed by atoms with E-state index in [0.717, 1.165) is 0 Å². The summed E-state index contributed by atoms with van der Waals surface area (Å²) in [5.74, 6) is -2.63. The van der Waals surface area contributed by atoms with Crippen molar-refractivity contribution < 1.29 is 19.4 Å². The highest BCUT2D eigenvalue weighted by molar-refractivity contribution is 5.76. The zero-order valence-electron chi connectivity index (χ0n) is 9.50. The van der Waals surface area contributed by atoms with Gasteiger partial charge in [0.2, 0.25) is 5.79 Å². The number of carbonyl (C=O) groups is 1. The molecular weight excluding hydrogens is 220 g/mol. The van der Waals surface area contributed by atoms with Gasteiger partial charge in [-0.2, -0.15) is 0 Å². The second-order valence-corrected chi connectivity index (χ2v) is 4.00. The van der Waals surface area contributed by atoms with E-state index in [4.69, 9.17) is 9.47 Å². The van der Waals surface area contributed by atoms with E-state index in [1.54, 1.807) is 19.1 Å². The van der Waals surface area contributed by atoms with Gasteiger partial charge in [-0.15, -0.1) is 6.58 Å². The Morgan fingerprint density at radius 1 is 1.41 bits per heavy atom. The molecule has 1 aromatic rings. The normalized spacial score (nSPS) is 32.9. The van der Waals surface area contributed by atoms with Crippen molar-refractivity contribution in [2.75, 3.05) is 0 Å². The van der Waals surface area contributed by atoms with Crippen LogP contribution in [-0.2, 0) is 20.1 Å². The minimum atomic E-state index is -1.25. The van der Waals surface area contributed by atoms with Crippen LogP contribution in [0.5, 0.6) is 0 Å². The van der Waals surface area contributed by atoms with E-state index in [-0.39, 0.29) is 0 Å². The number of ether oxygens (including phenoxy) is 2. The van der Waals surface area contributed by atoms with Gasteiger partial charge in [0.05, 0.1) is 0 Å². The predicted octanol–water partition coefficient (Wildman–Crippen LogP) is 1.55. The minimum absolute atomic E-state index is 0.537. The van der Waals surface area contributed by atoms with E-state index in [0.29, 0.717) is 5.56 Å². The highest BCUT2D eigenvalue weighted by atomic mass is 16.8. The summed E-state index contributed by atoms with van der Waals surface area (Å²) >= 11 is 0. The third-order valence-corrected chi connectivity index (χ3v) is 2.77. The first-order chi connectivity index (χ1) is 8.07. The van der Waals surface area contributed by atoms with Crippen molar-refractivity contribution in [1.29, 1.82) is 0 Å². The van der Waals surface area contributed by atoms with E-state index >= 15 is 0 Å². The minimum Gasteiger partial charge on any atom is -0.428 e. The summed E-state index contributed by atoms with van der Waals surface area (Å²) in [6.07, 6.45) is 0.0800. The second kappa shape index (κ2) is 4.31. The fraction of sp³-hybridized carbons (Fsp3) is 0.308. The first-order valence-corrected chi connectivity index (χ1v) is 5.33. The van der Waals surface area contributed by atoms with Crippen LogP contribution in [0, 0.1) is 5.92 Å². The molecule has 17 heavy (non-hydrogen) atoms. The number of rotatable bonds is 2. The van der Waals surface area contributed by atoms with Gasteiger partial charge in [0.15, 0.2) is 6.29 Å². The van der Waals surface area contributed by atoms with Crippen molar-refractivity contribution in [1.82, 2.24) is 0 Å². The number of cyclic esters (lactones) is 1. The fourth-order valence-electron chi connectivity index (χ4n) is 1.78. The molecule has 0 radical (unpaired) electrons. The Hall–Kier alpha value is -1.65. The van der Waals surface area contributed by atoms with Crippen LogP contribution in [0.4, 0.5) is 0 Å². The molecule has 90 valence electrons. The van der Waals surface area contributed by atoms with Crippen LogP contribution in [0.15, 0.2) is 43.0 Å². The monoisotopic (exact) mass is 234 g/mol. The maximum absolute atomic E-state index is 11.7. The van der Waals surface area contributed by atoms with Crippen LogP contribution in [0.25, 0.3) is 0 Å². The summed E-state index contributed by atoms with van der Waals surface area (Å²) in [6, 6.07) is 9.01. The van der Waals surface area contributed by atoms with E-state index < -0.39 is 24.0 Å². The molecule has 2 rings (SSSR count). The van der Waals surface area contributed by atoms with Crippen LogP contribution < -0.4 is 0 Å². The Labute approximate surface area is 99.5 Å². The molecule has 1 aromatic carbocycles. The van der Waals surface area contributed by atoms with Crippen molar-refractivity contribution in [3.63, 3.8) is 0 Å². The molecule has 1 saturated heterocycles. The summed E-state index contributed by atoms with van der Waals surface area (Å²) in [7, 11) is 0. The molecule has 0 saturated carbocycles. The Morgan fingerprint density at radius 2 is 2.06 bits per heavy atom. The molecule has 4 heteroatoms. The summed E-state index contributed by atoms with van der Waals surface area (Å²) in [4.78, 5) is 11.7. The summed E-state index contributed by atoms with van der Waals surface area (Å²) < 4.78 is 10.6. The lowest BCUT2D eigenvalue weighted by atomic mass is 10.0. The van der Waals surface area contributed by atoms with Crippen LogP contribution >= 0.6 is 0 Å². The van der Waals surface area contributed by atoms with Crippen LogP contribution in [0.1, 0.15) is 12.5 Å². The number of aliphatic hydroxyl groups is 1. The Morgan fingerprint density at radius 3 is 2.59 bits per heavy atom. The molecule has 0 aliphatic carbocycles. The first-order valence-electron chi connectivity index (χ1n) is 5.33. The van der Waals surface area contributed by atoms with Gasteiger partial charge in [0.25, 0.3) is 0 Å². The molecule has 0 aromatic heterocycles. The SMILES string of the molecule is C=CC1C(=O)OC(C)(c2ccccc2)OC1O. The van der Waals surface area contributed by atoms with Crippen molar-refractivity contribution in [3.8, 4) is 0 Å². The maximum atomic E-state index is 11.7. The molecule has 1 aliphatic heterocycles. The second-order valence-electron chi connectivity index (χ2n) is 4.00. The van der Waals surface area contributed by atoms with Crippen molar-refractivity contribution in [3.05, 3.63) is 48.6 Å². The fourth-order valence-corrected chi connectivity index (χ4v) is 1.78. The van der Waals surface area contributed by atoms with E-state index in [2.05, 4.69) is 6.58 Å². The van der Waals surface area contributed by atoms with Crippen molar-refractivity contribution >= 4 is 5.97 Å². The van der Waals surface area contributed by atoms with Gasteiger partial charge in [0, 0.05) is 12.5 Å². The zero-order chi connectivity index (χ0) is 12.5. The van der Waals surface area contributed by atoms with Crippen LogP contribution in [-0.4, -0.2) is 17.4 Å². The van der Waals surface area contributed by atoms with Crippen LogP contribution in [0.2, 0.25) is 0 Å². The third-order valence-electron chi connectivity index (χ3n) is 2.77. The van der Waals surface area contributed by atoms with Gasteiger partial charge in [-0.05, 0) is 0 Å². The first kappa shape index (κ1) is 11.8. The molecule has 0 spiro atoms. The molecule has 0 bridgehead atoms. The number of aliphatic hydroxyl groups excluding tert-OH is 1. The standard InChI is InChI=1S/C13H14O4/c1-3-10-11(14)16-13(2,17-12(10)15)9-7-5-4-6-8-9/h3-8,10-11,14H,1H2,2H3. The van der Waals surface area contributed by atoms with Gasteiger partial charge in [-0.25, -0.2) is 0 Å². The molecule has 4 nitrogen and oxygen atoms in total. The highest BCUT2D eigenvalue weighted by Crippen LogP contribution is 2.35. The highest BCUT2D eigenvalue weighted by Gasteiger charge is 2.44. The lowest BCUT2D eigenvalue weighted by Gasteiger charge is -2.38. The summed E-state index contributed by atoms with van der Waals surface area (Å²) in [5.41, 5.74) is 0.676. The molecular formula is C13H14O4. The van der Waals surface area contributed by atoms with Gasteiger partial charge in [0.1, 0.15) is 5.92 Å². The maximum Gasteiger partial charge on any atom is 0.320 e. The zero-order valence-corrected chi connectivity index (χ0v) is 9.50. The molecule has 1 N–H and O–H groups in total. The number of carbonyl (C=O) groups excluding carboxylic acids is 1. The molecule has 3 unspecified atom stereocenters. The van der Waals surface area contributed by atoms with E-state index in [9.17, 15) is 9.90 Å². The lowest BCUT2D eigenvalue weighted by molar-refractivity contribution is -0.324. The Bertz CT molecular complexity index is 428. The van der Waals surface area contributed by atoms with Gasteiger partial charge >= 0.3 is 5.97 Å². The lowest BCUT2D eigenvalue weighted by Crippen LogP contribution is -2.47. The number of hydrogen-bond acceptors (Lipinski definition) is 4. The van der Waals surface area contributed by atoms with Crippen molar-refractivity contribution in [2.45, 2.75) is 19.0 Å². The largest absolute Gasteiger partial charge is 0.428 e. The van der Waals surface area contributed by atoms with Crippen LogP contribution in [0.3, 0.4) is 0 Å². The van der Waals surface area contributed by atoms with E-state index in [1.165, 1.54) is 6.08 Å². The molecule has 1 aliphatic rings. The molecule has 1 fully saturated rings. The average molecular weight is 234 g/mol. The van der Waals surface area contributed by atoms with Gasteiger partial charge in [-0.3, -0.25) is 4.79 Å². The third kappa shape index (κ3) is 2.09. The number of hydrogen-bond donors (Lipinski definition) is 1. The van der Waals surface area contributed by atoms with Gasteiger partial charge in [-0.1, -0.05) is 36.4 Å². The molecule has 0 amide bonds. The number of benzene rings is 1. The summed E-state index contributed by atoms with van der Waals surface area (Å²) in [5, 5.41) is 9.74. The topological polar surface area (TPSA) is 55.8 Å². The van der Waals surface area contributed by atoms with E-state index in [1.807, 2.05) is 18.2 Å². The average Bonchev–Trinajstić information content (AvgIpc) is 2.29.